The highest BCUT2D eigenvalue weighted by atomic mass is 79.9. The average Bonchev–Trinajstić information content (AvgIpc) is 3.42. The third-order valence-corrected chi connectivity index (χ3v) is 17.3. The van der Waals surface area contributed by atoms with Gasteiger partial charge in [-0.05, 0) is 122 Å². The Morgan fingerprint density at radius 2 is 0.731 bits per heavy atom. The second-order valence-electron chi connectivity index (χ2n) is 23.4. The minimum Gasteiger partial charge on any atom is -0.465 e. The average molecular weight is 1190 g/mol. The third kappa shape index (κ3) is 60.8. The summed E-state index contributed by atoms with van der Waals surface area (Å²) in [5.74, 6) is 1.00. The molecule has 0 aromatic rings. The number of nitrogens with one attached hydrogen (secondary N) is 1. The second-order valence-corrected chi connectivity index (χ2v) is 26.3. The zero-order valence-electron chi connectivity index (χ0n) is 52.7. The van der Waals surface area contributed by atoms with Crippen LogP contribution in [0.15, 0.2) is 0 Å². The van der Waals surface area contributed by atoms with Crippen LogP contribution in [-0.4, -0.2) is 87.8 Å². The fraction of sp³-hybridized carbons (Fsp3) is 0.955. The lowest BCUT2D eigenvalue weighted by atomic mass is 10.0. The van der Waals surface area contributed by atoms with E-state index in [1.165, 1.54) is 167 Å². The number of carbonyl (C=O) groups excluding carboxylic acids is 3. The molecular formula is C66H131BrN2O8S. The molecule has 0 aliphatic rings. The lowest BCUT2D eigenvalue weighted by Gasteiger charge is -2.22. The maximum Gasteiger partial charge on any atom is 0.306 e. The van der Waals surface area contributed by atoms with Gasteiger partial charge in [0.15, 0.2) is 0 Å². The number of hydrogen-bond donors (Lipinski definition) is 1. The molecule has 0 aromatic heterocycles. The Bertz CT molecular complexity index is 1370. The summed E-state index contributed by atoms with van der Waals surface area (Å²) in [4.78, 5) is 39.2. The Kier molecular flexibility index (Phi) is 62.5. The second kappa shape index (κ2) is 61.8. The number of alkyl halides is 1. The van der Waals surface area contributed by atoms with Crippen molar-refractivity contribution in [1.82, 2.24) is 9.62 Å². The number of unbranched alkanes of at least 4 members (excludes halogenated alkanes) is 30. The molecule has 0 bridgehead atoms. The maximum absolute atomic E-state index is 12.8. The van der Waals surface area contributed by atoms with Gasteiger partial charge in [-0.15, -0.1) is 0 Å². The van der Waals surface area contributed by atoms with Gasteiger partial charge in [0, 0.05) is 31.1 Å². The van der Waals surface area contributed by atoms with Gasteiger partial charge >= 0.3 is 17.9 Å². The minimum absolute atomic E-state index is 0.00444. The molecule has 0 aromatic carbocycles. The van der Waals surface area contributed by atoms with E-state index < -0.39 is 10.0 Å². The fourth-order valence-corrected chi connectivity index (χ4v) is 11.0. The van der Waals surface area contributed by atoms with Crippen molar-refractivity contribution in [3.05, 3.63) is 0 Å². The number of rotatable bonds is 60. The van der Waals surface area contributed by atoms with Crippen LogP contribution in [0.4, 0.5) is 0 Å². The molecule has 0 fully saturated rings. The summed E-state index contributed by atoms with van der Waals surface area (Å²) in [6, 6.07) is 0. The summed E-state index contributed by atoms with van der Waals surface area (Å²) in [5, 5.41) is 1.09. The Morgan fingerprint density at radius 3 is 1.12 bits per heavy atom. The van der Waals surface area contributed by atoms with Crippen molar-refractivity contribution in [3.8, 4) is 0 Å². The molecule has 1 N–H and O–H groups in total. The SMILES string of the molecule is CCCCCCCC(C)COC(=O)CCCCCCCBr.CCCCCCCCC(CCCCCCCC)OC(=O)CCCCCCCN(CCCCCCCC(=O)OCC(C)CCCCCCC)CCCNS(=O)(=O)CC. The molecule has 0 heterocycles. The zero-order chi connectivity index (χ0) is 57.8. The first-order chi connectivity index (χ1) is 37.9. The molecule has 0 aliphatic heterocycles. The summed E-state index contributed by atoms with van der Waals surface area (Å²) in [7, 11) is -3.16. The zero-order valence-corrected chi connectivity index (χ0v) is 55.1. The van der Waals surface area contributed by atoms with E-state index in [-0.39, 0.29) is 29.8 Å². The Morgan fingerprint density at radius 1 is 0.410 bits per heavy atom. The molecule has 2 atom stereocenters. The van der Waals surface area contributed by atoms with Crippen molar-refractivity contribution in [1.29, 1.82) is 0 Å². The van der Waals surface area contributed by atoms with E-state index in [0.717, 1.165) is 128 Å². The highest BCUT2D eigenvalue weighted by Crippen LogP contribution is 2.20. The van der Waals surface area contributed by atoms with Crippen molar-refractivity contribution in [2.75, 3.05) is 50.5 Å². The van der Waals surface area contributed by atoms with Crippen molar-refractivity contribution >= 4 is 43.9 Å². The predicted octanol–water partition coefficient (Wildman–Crippen LogP) is 19.5. The molecule has 0 amide bonds. The van der Waals surface area contributed by atoms with Crippen molar-refractivity contribution in [2.24, 2.45) is 11.8 Å². The Balaban J connectivity index is 0. The van der Waals surface area contributed by atoms with Gasteiger partial charge in [0.2, 0.25) is 10.0 Å². The first kappa shape index (κ1) is 78.8. The lowest BCUT2D eigenvalue weighted by molar-refractivity contribution is -0.150. The van der Waals surface area contributed by atoms with E-state index in [4.69, 9.17) is 14.2 Å². The molecule has 0 spiro atoms. The van der Waals surface area contributed by atoms with Crippen LogP contribution in [0.1, 0.15) is 337 Å². The third-order valence-electron chi connectivity index (χ3n) is 15.3. The van der Waals surface area contributed by atoms with Crippen molar-refractivity contribution in [2.45, 2.75) is 344 Å². The number of sulfonamides is 1. The Hall–Kier alpha value is -1.24. The number of esters is 3. The number of hydrogen-bond acceptors (Lipinski definition) is 9. The van der Waals surface area contributed by atoms with Crippen LogP contribution in [0.5, 0.6) is 0 Å². The number of nitrogens with zero attached hydrogens (tertiary/aromatic N) is 1. The van der Waals surface area contributed by atoms with Crippen LogP contribution in [0, 0.1) is 11.8 Å². The topological polar surface area (TPSA) is 128 Å². The fourth-order valence-electron chi connectivity index (χ4n) is 9.92. The molecule has 78 heavy (non-hydrogen) atoms. The molecule has 0 rings (SSSR count). The molecular weight excluding hydrogens is 1060 g/mol. The lowest BCUT2D eigenvalue weighted by Crippen LogP contribution is -2.32. The first-order valence-corrected chi connectivity index (χ1v) is 36.4. The van der Waals surface area contributed by atoms with E-state index in [2.05, 4.69) is 67.1 Å². The molecule has 466 valence electrons. The van der Waals surface area contributed by atoms with Gasteiger partial charge in [-0.2, -0.15) is 0 Å². The first-order valence-electron chi connectivity index (χ1n) is 33.6. The van der Waals surface area contributed by atoms with Gasteiger partial charge in [-0.3, -0.25) is 14.4 Å². The maximum atomic E-state index is 12.8. The van der Waals surface area contributed by atoms with Crippen LogP contribution in [-0.2, 0) is 38.6 Å². The van der Waals surface area contributed by atoms with E-state index in [1.807, 2.05) is 0 Å². The summed E-state index contributed by atoms with van der Waals surface area (Å²) < 4.78 is 43.4. The smallest absolute Gasteiger partial charge is 0.306 e. The van der Waals surface area contributed by atoms with Gasteiger partial charge in [-0.25, -0.2) is 13.1 Å². The van der Waals surface area contributed by atoms with E-state index >= 15 is 0 Å². The van der Waals surface area contributed by atoms with Gasteiger partial charge < -0.3 is 19.1 Å². The standard InChI is InChI=1S/C48H96N2O6S.C18H35BrO2/c1-6-10-13-16-21-28-36-46(37-29-22-17-14-11-7-2)56-48(52)39-31-24-19-26-33-42-50(43-34-40-49-57(53,54)9-4)41-32-25-18-23-30-38-47(51)55-44-45(5)35-27-20-15-12-8-3;1-3-4-5-7-10-13-17(2)16-21-18(20)14-11-8-6-9-12-15-19/h45-46,49H,6-44H2,1-5H3;17H,3-16H2,1-2H3. The largest absolute Gasteiger partial charge is 0.465 e. The number of ether oxygens (including phenoxy) is 3. The number of halogens is 1. The van der Waals surface area contributed by atoms with Crippen molar-refractivity contribution in [3.63, 3.8) is 0 Å². The number of carbonyl (C=O) groups is 3. The molecule has 12 heteroatoms. The van der Waals surface area contributed by atoms with Gasteiger partial charge in [0.1, 0.15) is 6.10 Å². The monoisotopic (exact) mass is 1190 g/mol. The van der Waals surface area contributed by atoms with Crippen LogP contribution < -0.4 is 4.72 Å². The van der Waals surface area contributed by atoms with E-state index in [1.54, 1.807) is 6.92 Å². The highest BCUT2D eigenvalue weighted by Gasteiger charge is 2.15. The van der Waals surface area contributed by atoms with Crippen molar-refractivity contribution < 1.29 is 37.0 Å². The van der Waals surface area contributed by atoms with Crippen LogP contribution in [0.25, 0.3) is 0 Å². The van der Waals surface area contributed by atoms with Gasteiger partial charge in [0.25, 0.3) is 0 Å². The van der Waals surface area contributed by atoms with E-state index in [0.29, 0.717) is 50.9 Å². The molecule has 0 aliphatic carbocycles. The summed E-state index contributed by atoms with van der Waals surface area (Å²) in [6.07, 6.45) is 51.6. The highest BCUT2D eigenvalue weighted by molar-refractivity contribution is 9.09. The van der Waals surface area contributed by atoms with Crippen LogP contribution >= 0.6 is 15.9 Å². The predicted molar refractivity (Wildman–Crippen MR) is 338 cm³/mol. The quantitative estimate of drug-likeness (QED) is 0.0274. The normalized spacial score (nSPS) is 12.4. The molecule has 0 saturated heterocycles. The summed E-state index contributed by atoms with van der Waals surface area (Å²) in [5.41, 5.74) is 0. The molecule has 0 radical (unpaired) electrons. The minimum atomic E-state index is -3.16. The molecule has 2 unspecified atom stereocenters. The van der Waals surface area contributed by atoms with Gasteiger partial charge in [-0.1, -0.05) is 244 Å². The molecule has 0 saturated carbocycles. The van der Waals surface area contributed by atoms with Crippen LogP contribution in [0.2, 0.25) is 0 Å². The van der Waals surface area contributed by atoms with Crippen LogP contribution in [0.3, 0.4) is 0 Å². The van der Waals surface area contributed by atoms with Gasteiger partial charge in [0.05, 0.1) is 19.0 Å². The summed E-state index contributed by atoms with van der Waals surface area (Å²) >= 11 is 3.43. The van der Waals surface area contributed by atoms with E-state index in [9.17, 15) is 22.8 Å². The Labute approximate surface area is 493 Å². The molecule has 10 nitrogen and oxygen atoms in total. The summed E-state index contributed by atoms with van der Waals surface area (Å²) in [6.45, 7) is 19.6.